The van der Waals surface area contributed by atoms with Crippen LogP contribution < -0.4 is 4.74 Å². The van der Waals surface area contributed by atoms with Gasteiger partial charge in [0.15, 0.2) is 11.5 Å². The molecule has 2 bridgehead atoms. The molecule has 2 heterocycles. The van der Waals surface area contributed by atoms with Crippen molar-refractivity contribution in [3.8, 4) is 11.5 Å². The van der Waals surface area contributed by atoms with E-state index >= 15 is 0 Å². The summed E-state index contributed by atoms with van der Waals surface area (Å²) in [6.07, 6.45) is 4.21. The highest BCUT2D eigenvalue weighted by Crippen LogP contribution is 2.74. The van der Waals surface area contributed by atoms with Crippen LogP contribution in [0.25, 0.3) is 0 Å². The van der Waals surface area contributed by atoms with E-state index in [0.29, 0.717) is 12.2 Å². The zero-order valence-electron chi connectivity index (χ0n) is 22.4. The van der Waals surface area contributed by atoms with E-state index in [1.54, 1.807) is 20.1 Å². The number of aliphatic hydroxyl groups is 2. The van der Waals surface area contributed by atoms with E-state index in [9.17, 15) is 15.3 Å². The fourth-order valence-electron chi connectivity index (χ4n) is 8.79. The second-order valence-corrected chi connectivity index (χ2v) is 13.9. The molecule has 1 aromatic rings. The van der Waals surface area contributed by atoms with Crippen molar-refractivity contribution in [2.75, 3.05) is 20.2 Å². The molecule has 7 atom stereocenters. The number of phenolic OH excluding ortho intramolecular Hbond substituents is 1. The zero-order valence-corrected chi connectivity index (χ0v) is 22.4. The summed E-state index contributed by atoms with van der Waals surface area (Å²) < 4.78 is 13.0. The average molecular weight is 486 g/mol. The molecule has 194 valence electrons. The van der Waals surface area contributed by atoms with Gasteiger partial charge in [0, 0.05) is 30.7 Å². The maximum absolute atomic E-state index is 12.8. The van der Waals surface area contributed by atoms with E-state index in [0.717, 1.165) is 37.4 Å². The highest BCUT2D eigenvalue weighted by Gasteiger charge is 2.82. The lowest BCUT2D eigenvalue weighted by Gasteiger charge is -2.72. The molecule has 35 heavy (non-hydrogen) atoms. The highest BCUT2D eigenvalue weighted by atomic mass is 16.6. The van der Waals surface area contributed by atoms with E-state index in [4.69, 9.17) is 9.47 Å². The molecule has 6 nitrogen and oxygen atoms in total. The molecule has 1 saturated heterocycles. The Bertz CT molecular complexity index is 1080. The molecule has 1 aromatic carbocycles. The van der Waals surface area contributed by atoms with Gasteiger partial charge < -0.3 is 24.8 Å². The summed E-state index contributed by atoms with van der Waals surface area (Å²) in [5.41, 5.74) is -3.30. The molecule has 2 aliphatic heterocycles. The van der Waals surface area contributed by atoms with Crippen molar-refractivity contribution >= 4 is 0 Å². The minimum absolute atomic E-state index is 0.151. The SMILES string of the molecule is CO[C@@]1(C)[C@@H]2Oc3c(O)ccc4c3C23CCN(CC2CC2)[C@H](C4)[C@@]3(C)C[C@]1(O)C(C)(O)C(C)(C)C. The standard InChI is InChI=1S/C29H43NO5/c1-24(2,3)27(6,32)29(33)16-25(4)20-14-18-10-11-19(31)22-21(18)28(25,23(35-22)26(29,5)34-7)12-13-30(20)15-17-8-9-17/h10-11,17,20,23,31-33H,8-9,12-16H2,1-7H3/t20-,23+,25-,26+,27?,28?,29-/m1/s1. The van der Waals surface area contributed by atoms with Gasteiger partial charge in [-0.05, 0) is 80.9 Å². The number of methoxy groups -OCH3 is 1. The lowest BCUT2D eigenvalue weighted by molar-refractivity contribution is -0.343. The Morgan fingerprint density at radius 1 is 1.17 bits per heavy atom. The van der Waals surface area contributed by atoms with Crippen LogP contribution in [-0.2, 0) is 16.6 Å². The molecule has 2 saturated carbocycles. The van der Waals surface area contributed by atoms with Crippen LogP contribution in [0.5, 0.6) is 11.5 Å². The molecule has 5 aliphatic rings. The number of piperidine rings is 1. The third kappa shape index (κ3) is 2.55. The van der Waals surface area contributed by atoms with Crippen LogP contribution in [0.1, 0.15) is 78.4 Å². The van der Waals surface area contributed by atoms with Crippen LogP contribution in [0.15, 0.2) is 12.1 Å². The lowest BCUT2D eigenvalue weighted by Crippen LogP contribution is -2.85. The van der Waals surface area contributed by atoms with Gasteiger partial charge in [0.05, 0.1) is 5.60 Å². The van der Waals surface area contributed by atoms with Crippen molar-refractivity contribution in [2.24, 2.45) is 16.7 Å². The molecular formula is C29H43NO5. The van der Waals surface area contributed by atoms with Gasteiger partial charge in [0.2, 0.25) is 0 Å². The largest absolute Gasteiger partial charge is 0.504 e. The molecule has 6 rings (SSSR count). The molecule has 3 fully saturated rings. The molecule has 3 N–H and O–H groups in total. The summed E-state index contributed by atoms with van der Waals surface area (Å²) in [6, 6.07) is 4.05. The van der Waals surface area contributed by atoms with Gasteiger partial charge in [-0.3, -0.25) is 4.90 Å². The quantitative estimate of drug-likeness (QED) is 0.602. The maximum Gasteiger partial charge on any atom is 0.165 e. The molecule has 0 radical (unpaired) electrons. The number of benzene rings is 1. The number of hydrogen-bond donors (Lipinski definition) is 3. The predicted molar refractivity (Wildman–Crippen MR) is 134 cm³/mol. The summed E-state index contributed by atoms with van der Waals surface area (Å²) in [5.74, 6) is 1.47. The number of phenols is 1. The Morgan fingerprint density at radius 2 is 1.86 bits per heavy atom. The van der Waals surface area contributed by atoms with Crippen LogP contribution in [0, 0.1) is 16.7 Å². The van der Waals surface area contributed by atoms with Crippen LogP contribution in [0.4, 0.5) is 0 Å². The highest BCUT2D eigenvalue weighted by molar-refractivity contribution is 5.63. The Hall–Kier alpha value is -1.34. The molecule has 0 amide bonds. The summed E-state index contributed by atoms with van der Waals surface area (Å²) in [7, 11) is 1.62. The second-order valence-electron chi connectivity index (χ2n) is 13.9. The van der Waals surface area contributed by atoms with E-state index in [1.807, 2.05) is 27.7 Å². The number of aromatic hydroxyl groups is 1. The van der Waals surface area contributed by atoms with Gasteiger partial charge in [-0.25, -0.2) is 0 Å². The molecule has 3 aliphatic carbocycles. The van der Waals surface area contributed by atoms with Crippen molar-refractivity contribution in [1.29, 1.82) is 0 Å². The van der Waals surface area contributed by atoms with E-state index < -0.39 is 33.7 Å². The third-order valence-corrected chi connectivity index (χ3v) is 11.6. The van der Waals surface area contributed by atoms with Crippen LogP contribution in [0.2, 0.25) is 0 Å². The number of hydrogen-bond acceptors (Lipinski definition) is 6. The van der Waals surface area contributed by atoms with E-state index in [2.05, 4.69) is 17.9 Å². The van der Waals surface area contributed by atoms with Gasteiger partial charge in [-0.1, -0.05) is 33.8 Å². The van der Waals surface area contributed by atoms with Gasteiger partial charge in [0.1, 0.15) is 17.3 Å². The Kier molecular flexibility index (Phi) is 4.63. The molecule has 0 aromatic heterocycles. The fourth-order valence-corrected chi connectivity index (χ4v) is 8.79. The summed E-state index contributed by atoms with van der Waals surface area (Å²) in [6.45, 7) is 14.0. The number of ether oxygens (including phenoxy) is 2. The fraction of sp³-hybridized carbons (Fsp3) is 0.793. The second kappa shape index (κ2) is 6.75. The van der Waals surface area contributed by atoms with Crippen molar-refractivity contribution in [1.82, 2.24) is 4.90 Å². The van der Waals surface area contributed by atoms with Crippen molar-refractivity contribution < 1.29 is 24.8 Å². The van der Waals surface area contributed by atoms with Gasteiger partial charge in [-0.15, -0.1) is 0 Å². The van der Waals surface area contributed by atoms with Crippen LogP contribution in [0.3, 0.4) is 0 Å². The topological polar surface area (TPSA) is 82.4 Å². The normalized spacial score (nSPS) is 43.9. The Morgan fingerprint density at radius 3 is 2.46 bits per heavy atom. The Labute approximate surface area is 209 Å². The average Bonchev–Trinajstić information content (AvgIpc) is 3.50. The number of rotatable bonds is 4. The van der Waals surface area contributed by atoms with Gasteiger partial charge >= 0.3 is 0 Å². The minimum Gasteiger partial charge on any atom is -0.504 e. The van der Waals surface area contributed by atoms with Gasteiger partial charge in [0.25, 0.3) is 0 Å². The molecule has 2 unspecified atom stereocenters. The zero-order chi connectivity index (χ0) is 25.4. The smallest absolute Gasteiger partial charge is 0.165 e. The minimum atomic E-state index is -1.59. The van der Waals surface area contributed by atoms with Crippen molar-refractivity contribution in [3.63, 3.8) is 0 Å². The summed E-state index contributed by atoms with van der Waals surface area (Å²) >= 11 is 0. The van der Waals surface area contributed by atoms with Crippen molar-refractivity contribution in [3.05, 3.63) is 23.3 Å². The van der Waals surface area contributed by atoms with E-state index in [-0.39, 0.29) is 17.2 Å². The molecular weight excluding hydrogens is 442 g/mol. The summed E-state index contributed by atoms with van der Waals surface area (Å²) in [5, 5.41) is 35.9. The molecule has 6 heteroatoms. The van der Waals surface area contributed by atoms with E-state index in [1.165, 1.54) is 18.4 Å². The number of nitrogens with zero attached hydrogens (tertiary/aromatic N) is 1. The van der Waals surface area contributed by atoms with Crippen LogP contribution in [-0.4, -0.2) is 69.4 Å². The van der Waals surface area contributed by atoms with Crippen molar-refractivity contribution in [2.45, 2.75) is 108 Å². The first-order valence-corrected chi connectivity index (χ1v) is 13.4. The first-order chi connectivity index (χ1) is 16.2. The van der Waals surface area contributed by atoms with Gasteiger partial charge in [-0.2, -0.15) is 0 Å². The Balaban J connectivity index is 1.62. The summed E-state index contributed by atoms with van der Waals surface area (Å²) in [4.78, 5) is 2.66. The molecule has 1 spiro atoms. The van der Waals surface area contributed by atoms with Crippen LogP contribution >= 0.6 is 0 Å². The lowest BCUT2D eigenvalue weighted by atomic mass is 9.37. The predicted octanol–water partition coefficient (Wildman–Crippen LogP) is 3.77. The monoisotopic (exact) mass is 485 g/mol. The first kappa shape index (κ1) is 24.0. The maximum atomic E-state index is 12.8. The number of likely N-dealkylation sites (tertiary alicyclic amines) is 1. The first-order valence-electron chi connectivity index (χ1n) is 13.4. The third-order valence-electron chi connectivity index (χ3n) is 11.6.